The number of thiophene rings is 1. The summed E-state index contributed by atoms with van der Waals surface area (Å²) >= 11 is 8.84. The summed E-state index contributed by atoms with van der Waals surface area (Å²) in [6.45, 7) is 2.99. The van der Waals surface area contributed by atoms with E-state index >= 15 is 0 Å². The van der Waals surface area contributed by atoms with Crippen LogP contribution in [0.25, 0.3) is 0 Å². The van der Waals surface area contributed by atoms with Gasteiger partial charge in [-0.05, 0) is 29.1 Å². The zero-order chi connectivity index (χ0) is 17.9. The molecular formula is C18H17ClN4OS2. The number of rotatable bonds is 4. The van der Waals surface area contributed by atoms with E-state index < -0.39 is 0 Å². The summed E-state index contributed by atoms with van der Waals surface area (Å²) in [4.78, 5) is 22.0. The van der Waals surface area contributed by atoms with Crippen LogP contribution in [0.2, 0.25) is 5.02 Å². The number of hydrogen-bond donors (Lipinski definition) is 0. The van der Waals surface area contributed by atoms with Gasteiger partial charge in [0, 0.05) is 49.2 Å². The van der Waals surface area contributed by atoms with Gasteiger partial charge in [0.1, 0.15) is 5.82 Å². The third-order valence-electron chi connectivity index (χ3n) is 4.30. The number of aromatic nitrogens is 2. The first-order valence-corrected chi connectivity index (χ1v) is 10.4. The molecular weight excluding hydrogens is 388 g/mol. The van der Waals surface area contributed by atoms with Crippen LogP contribution >= 0.6 is 34.5 Å². The van der Waals surface area contributed by atoms with Crippen LogP contribution in [0.3, 0.4) is 0 Å². The van der Waals surface area contributed by atoms with Crippen LogP contribution in [0.15, 0.2) is 41.8 Å². The largest absolute Gasteiger partial charge is 0.343 e. The van der Waals surface area contributed by atoms with Crippen molar-refractivity contribution >= 4 is 45.5 Å². The van der Waals surface area contributed by atoms with Crippen molar-refractivity contribution in [1.29, 1.82) is 0 Å². The molecule has 0 aliphatic carbocycles. The monoisotopic (exact) mass is 404 g/mol. The van der Waals surface area contributed by atoms with Gasteiger partial charge in [-0.25, -0.2) is 4.98 Å². The highest BCUT2D eigenvalue weighted by molar-refractivity contribution is 7.12. The van der Waals surface area contributed by atoms with Crippen molar-refractivity contribution in [3.63, 3.8) is 0 Å². The van der Waals surface area contributed by atoms with Crippen LogP contribution in [0.5, 0.6) is 0 Å². The van der Waals surface area contributed by atoms with Gasteiger partial charge in [0.25, 0.3) is 5.91 Å². The Morgan fingerprint density at radius 3 is 2.58 bits per heavy atom. The summed E-state index contributed by atoms with van der Waals surface area (Å²) < 4.78 is 4.48. The van der Waals surface area contributed by atoms with E-state index in [9.17, 15) is 4.79 Å². The normalized spacial score (nSPS) is 14.7. The summed E-state index contributed by atoms with van der Waals surface area (Å²) in [7, 11) is 0. The maximum Gasteiger partial charge on any atom is 0.264 e. The topological polar surface area (TPSA) is 49.3 Å². The zero-order valence-electron chi connectivity index (χ0n) is 14.0. The van der Waals surface area contributed by atoms with E-state index in [1.165, 1.54) is 22.9 Å². The molecule has 1 fully saturated rings. The molecule has 1 aromatic carbocycles. The fourth-order valence-electron chi connectivity index (χ4n) is 2.89. The number of anilines is 1. The number of amides is 1. The predicted octanol–water partition coefficient (Wildman–Crippen LogP) is 3.81. The average Bonchev–Trinajstić information content (AvgIpc) is 3.35. The third kappa shape index (κ3) is 3.90. The SMILES string of the molecule is O=C(c1cccs1)N1CCN(c2nc(Cc3ccc(Cl)cc3)ns2)CC1. The molecule has 1 aliphatic heterocycles. The number of benzene rings is 1. The molecule has 0 unspecified atom stereocenters. The Kier molecular flexibility index (Phi) is 5.19. The minimum atomic E-state index is 0.125. The molecule has 0 atom stereocenters. The van der Waals surface area contributed by atoms with Crippen LogP contribution in [0.1, 0.15) is 21.1 Å². The van der Waals surface area contributed by atoms with Crippen molar-refractivity contribution in [3.8, 4) is 0 Å². The average molecular weight is 405 g/mol. The molecule has 0 spiro atoms. The Balaban J connectivity index is 1.35. The van der Waals surface area contributed by atoms with Crippen LogP contribution in [0, 0.1) is 0 Å². The summed E-state index contributed by atoms with van der Waals surface area (Å²) in [6, 6.07) is 11.6. The van der Waals surface area contributed by atoms with E-state index in [-0.39, 0.29) is 5.91 Å². The Morgan fingerprint density at radius 2 is 1.88 bits per heavy atom. The second kappa shape index (κ2) is 7.73. The lowest BCUT2D eigenvalue weighted by atomic mass is 10.1. The van der Waals surface area contributed by atoms with Crippen LogP contribution < -0.4 is 4.90 Å². The van der Waals surface area contributed by atoms with Crippen molar-refractivity contribution < 1.29 is 4.79 Å². The first-order chi connectivity index (χ1) is 12.7. The van der Waals surface area contributed by atoms with E-state index in [4.69, 9.17) is 11.6 Å². The highest BCUT2D eigenvalue weighted by Crippen LogP contribution is 2.22. The predicted molar refractivity (Wildman–Crippen MR) is 107 cm³/mol. The summed E-state index contributed by atoms with van der Waals surface area (Å²) in [5.74, 6) is 0.949. The maximum absolute atomic E-state index is 12.4. The second-order valence-electron chi connectivity index (χ2n) is 6.05. The van der Waals surface area contributed by atoms with Crippen molar-refractivity contribution in [3.05, 3.63) is 63.1 Å². The Labute approximate surface area is 165 Å². The molecule has 8 heteroatoms. The summed E-state index contributed by atoms with van der Waals surface area (Å²) in [6.07, 6.45) is 0.699. The van der Waals surface area contributed by atoms with Crippen molar-refractivity contribution in [2.24, 2.45) is 0 Å². The Bertz CT molecular complexity index is 871. The first-order valence-electron chi connectivity index (χ1n) is 8.34. The number of carbonyl (C=O) groups excluding carboxylic acids is 1. The lowest BCUT2D eigenvalue weighted by Crippen LogP contribution is -2.48. The quantitative estimate of drug-likeness (QED) is 0.663. The molecule has 0 saturated carbocycles. The second-order valence-corrected chi connectivity index (χ2v) is 8.17. The highest BCUT2D eigenvalue weighted by atomic mass is 35.5. The number of hydrogen-bond acceptors (Lipinski definition) is 6. The molecule has 4 rings (SSSR count). The smallest absolute Gasteiger partial charge is 0.264 e. The Hall–Kier alpha value is -1.96. The maximum atomic E-state index is 12.4. The van der Waals surface area contributed by atoms with E-state index in [1.807, 2.05) is 46.7 Å². The van der Waals surface area contributed by atoms with Gasteiger partial charge in [0.2, 0.25) is 5.13 Å². The van der Waals surface area contributed by atoms with E-state index in [1.54, 1.807) is 0 Å². The summed E-state index contributed by atoms with van der Waals surface area (Å²) in [5, 5.41) is 3.60. The van der Waals surface area contributed by atoms with Crippen molar-refractivity contribution in [2.75, 3.05) is 31.1 Å². The van der Waals surface area contributed by atoms with E-state index in [0.717, 1.165) is 39.5 Å². The fourth-order valence-corrected chi connectivity index (χ4v) is 4.44. The standard InChI is InChI=1S/C18H17ClN4OS2/c19-14-5-3-13(4-6-14)12-16-20-18(26-21-16)23-9-7-22(8-10-23)17(24)15-2-1-11-25-15/h1-6,11H,7-10,12H2. The molecule has 0 N–H and O–H groups in total. The molecule has 134 valence electrons. The highest BCUT2D eigenvalue weighted by Gasteiger charge is 2.24. The lowest BCUT2D eigenvalue weighted by molar-refractivity contribution is 0.0751. The molecule has 3 aromatic rings. The molecule has 0 bridgehead atoms. The molecule has 5 nitrogen and oxygen atoms in total. The van der Waals surface area contributed by atoms with Gasteiger partial charge in [-0.15, -0.1) is 11.3 Å². The molecule has 3 heterocycles. The van der Waals surface area contributed by atoms with Gasteiger partial charge in [-0.1, -0.05) is 29.8 Å². The van der Waals surface area contributed by atoms with Crippen molar-refractivity contribution in [2.45, 2.75) is 6.42 Å². The van der Waals surface area contributed by atoms with Crippen LogP contribution in [-0.2, 0) is 6.42 Å². The van der Waals surface area contributed by atoms with Gasteiger partial charge in [0.05, 0.1) is 4.88 Å². The fraction of sp³-hybridized carbons (Fsp3) is 0.278. The molecule has 1 amide bonds. The molecule has 1 saturated heterocycles. The van der Waals surface area contributed by atoms with Crippen LogP contribution in [0.4, 0.5) is 5.13 Å². The first kappa shape index (κ1) is 17.5. The lowest BCUT2D eigenvalue weighted by Gasteiger charge is -2.34. The van der Waals surface area contributed by atoms with Gasteiger partial charge in [-0.3, -0.25) is 4.79 Å². The number of piperazine rings is 1. The van der Waals surface area contributed by atoms with Crippen molar-refractivity contribution in [1.82, 2.24) is 14.3 Å². The molecule has 1 aliphatic rings. The number of carbonyl (C=O) groups is 1. The number of nitrogens with zero attached hydrogens (tertiary/aromatic N) is 4. The van der Waals surface area contributed by atoms with Gasteiger partial charge >= 0.3 is 0 Å². The number of halogens is 1. The minimum absolute atomic E-state index is 0.125. The van der Waals surface area contributed by atoms with Gasteiger partial charge in [-0.2, -0.15) is 4.37 Å². The van der Waals surface area contributed by atoms with Gasteiger partial charge < -0.3 is 9.80 Å². The Morgan fingerprint density at radius 1 is 1.12 bits per heavy atom. The van der Waals surface area contributed by atoms with Gasteiger partial charge in [0.15, 0.2) is 0 Å². The summed E-state index contributed by atoms with van der Waals surface area (Å²) in [5.41, 5.74) is 1.14. The zero-order valence-corrected chi connectivity index (χ0v) is 16.4. The van der Waals surface area contributed by atoms with Crippen LogP contribution in [-0.4, -0.2) is 46.3 Å². The third-order valence-corrected chi connectivity index (χ3v) is 6.23. The molecule has 26 heavy (non-hydrogen) atoms. The van der Waals surface area contributed by atoms with E-state index in [2.05, 4.69) is 14.3 Å². The van der Waals surface area contributed by atoms with E-state index in [0.29, 0.717) is 19.5 Å². The molecule has 2 aromatic heterocycles. The minimum Gasteiger partial charge on any atom is -0.343 e. The molecule has 0 radical (unpaired) electrons.